The lowest BCUT2D eigenvalue weighted by Crippen LogP contribution is -2.48. The number of methoxy groups -OCH3 is 1. The lowest BCUT2D eigenvalue weighted by molar-refractivity contribution is -0.134. The van der Waals surface area contributed by atoms with Gasteiger partial charge in [0.1, 0.15) is 17.6 Å². The van der Waals surface area contributed by atoms with Crippen LogP contribution in [0.15, 0.2) is 18.2 Å². The molecule has 3 aliphatic rings. The highest BCUT2D eigenvalue weighted by atomic mass is 16.5. The number of rotatable bonds is 5. The van der Waals surface area contributed by atoms with Gasteiger partial charge >= 0.3 is 0 Å². The Labute approximate surface area is 172 Å². The van der Waals surface area contributed by atoms with E-state index in [9.17, 15) is 9.59 Å². The lowest BCUT2D eigenvalue weighted by atomic mass is 10.1. The molecule has 3 aliphatic heterocycles. The number of hydrogen-bond acceptors (Lipinski definition) is 5. The van der Waals surface area contributed by atoms with Crippen molar-refractivity contribution in [2.75, 3.05) is 39.8 Å². The molecule has 3 fully saturated rings. The number of ether oxygens (including phenoxy) is 2. The first-order valence-electron chi connectivity index (χ1n) is 10.8. The zero-order valence-corrected chi connectivity index (χ0v) is 17.2. The van der Waals surface area contributed by atoms with E-state index in [2.05, 4.69) is 5.32 Å². The Morgan fingerprint density at radius 2 is 1.76 bits per heavy atom. The average molecular weight is 402 g/mol. The normalized spacial score (nSPS) is 22.7. The number of nitrogens with one attached hydrogen (secondary N) is 1. The van der Waals surface area contributed by atoms with Gasteiger partial charge in [-0.1, -0.05) is 0 Å². The van der Waals surface area contributed by atoms with E-state index >= 15 is 0 Å². The van der Waals surface area contributed by atoms with Crippen LogP contribution >= 0.6 is 0 Å². The first kappa shape index (κ1) is 20.0. The molecule has 1 aromatic rings. The minimum absolute atomic E-state index is 0.00665. The standard InChI is InChI=1S/C22H31N3O4/c1-28-17-6-7-18(21(26)24-11-2-3-12-24)20(15-17)29-16-8-13-25(14-9-16)22(27)19-5-4-10-23-19/h6-7,15-16,19,23H,2-5,8-14H2,1H3/t19-/m0/s1. The van der Waals surface area contributed by atoms with Crippen LogP contribution in [0.5, 0.6) is 11.5 Å². The number of nitrogens with zero attached hydrogens (tertiary/aromatic N) is 2. The summed E-state index contributed by atoms with van der Waals surface area (Å²) in [4.78, 5) is 29.4. The van der Waals surface area contributed by atoms with Gasteiger partial charge in [-0.2, -0.15) is 0 Å². The minimum Gasteiger partial charge on any atom is -0.497 e. The van der Waals surface area contributed by atoms with Crippen molar-refractivity contribution in [1.29, 1.82) is 0 Å². The van der Waals surface area contributed by atoms with Crippen LogP contribution in [0.1, 0.15) is 48.9 Å². The van der Waals surface area contributed by atoms with Crippen LogP contribution in [0.3, 0.4) is 0 Å². The third kappa shape index (κ3) is 4.50. The van der Waals surface area contributed by atoms with E-state index in [1.165, 1.54) is 0 Å². The maximum atomic E-state index is 12.9. The van der Waals surface area contributed by atoms with E-state index in [4.69, 9.17) is 9.47 Å². The van der Waals surface area contributed by atoms with E-state index < -0.39 is 0 Å². The highest BCUT2D eigenvalue weighted by molar-refractivity contribution is 5.97. The number of piperidine rings is 1. The molecule has 0 unspecified atom stereocenters. The highest BCUT2D eigenvalue weighted by Crippen LogP contribution is 2.30. The molecule has 0 bridgehead atoms. The number of hydrogen-bond donors (Lipinski definition) is 1. The van der Waals surface area contributed by atoms with Gasteiger partial charge < -0.3 is 24.6 Å². The van der Waals surface area contributed by atoms with E-state index in [1.807, 2.05) is 21.9 Å². The molecule has 1 atom stereocenters. The van der Waals surface area contributed by atoms with Gasteiger partial charge in [0.25, 0.3) is 5.91 Å². The number of carbonyl (C=O) groups is 2. The fourth-order valence-electron chi connectivity index (χ4n) is 4.48. The summed E-state index contributed by atoms with van der Waals surface area (Å²) >= 11 is 0. The van der Waals surface area contributed by atoms with Crippen molar-refractivity contribution in [3.8, 4) is 11.5 Å². The molecule has 1 N–H and O–H groups in total. The van der Waals surface area contributed by atoms with Crippen molar-refractivity contribution < 1.29 is 19.1 Å². The first-order chi connectivity index (χ1) is 14.2. The second-order valence-electron chi connectivity index (χ2n) is 8.15. The van der Waals surface area contributed by atoms with Crippen LogP contribution in [-0.2, 0) is 4.79 Å². The van der Waals surface area contributed by atoms with Gasteiger partial charge in [-0.25, -0.2) is 0 Å². The maximum Gasteiger partial charge on any atom is 0.257 e. The molecule has 3 heterocycles. The van der Waals surface area contributed by atoms with Crippen LogP contribution in [0.2, 0.25) is 0 Å². The average Bonchev–Trinajstić information content (AvgIpc) is 3.47. The van der Waals surface area contributed by atoms with Crippen molar-refractivity contribution in [2.24, 2.45) is 0 Å². The highest BCUT2D eigenvalue weighted by Gasteiger charge is 2.31. The zero-order chi connectivity index (χ0) is 20.2. The number of likely N-dealkylation sites (tertiary alicyclic amines) is 2. The molecule has 0 saturated carbocycles. The van der Waals surface area contributed by atoms with Gasteiger partial charge in [-0.3, -0.25) is 9.59 Å². The van der Waals surface area contributed by atoms with E-state index in [0.717, 1.165) is 58.2 Å². The van der Waals surface area contributed by atoms with E-state index in [1.54, 1.807) is 13.2 Å². The molecule has 4 rings (SSSR count). The molecule has 7 heteroatoms. The molecule has 0 radical (unpaired) electrons. The van der Waals surface area contributed by atoms with Crippen molar-refractivity contribution in [2.45, 2.75) is 50.7 Å². The summed E-state index contributed by atoms with van der Waals surface area (Å²) in [6.07, 6.45) is 5.65. The maximum absolute atomic E-state index is 12.9. The van der Waals surface area contributed by atoms with Crippen LogP contribution < -0.4 is 14.8 Å². The van der Waals surface area contributed by atoms with Gasteiger partial charge in [-0.05, 0) is 44.4 Å². The monoisotopic (exact) mass is 401 g/mol. The summed E-state index contributed by atoms with van der Waals surface area (Å²) in [5.41, 5.74) is 0.598. The third-order valence-electron chi connectivity index (χ3n) is 6.22. The summed E-state index contributed by atoms with van der Waals surface area (Å²) in [6, 6.07) is 5.41. The second-order valence-corrected chi connectivity index (χ2v) is 8.15. The van der Waals surface area contributed by atoms with Gasteiger partial charge in [0.15, 0.2) is 0 Å². The predicted molar refractivity (Wildman–Crippen MR) is 109 cm³/mol. The predicted octanol–water partition coefficient (Wildman–Crippen LogP) is 2.05. The first-order valence-corrected chi connectivity index (χ1v) is 10.8. The number of amides is 2. The number of carbonyl (C=O) groups excluding carboxylic acids is 2. The van der Waals surface area contributed by atoms with Crippen LogP contribution in [0.25, 0.3) is 0 Å². The van der Waals surface area contributed by atoms with Crippen molar-refractivity contribution in [3.63, 3.8) is 0 Å². The van der Waals surface area contributed by atoms with Gasteiger partial charge in [0, 0.05) is 45.1 Å². The van der Waals surface area contributed by atoms with Crippen LogP contribution in [0, 0.1) is 0 Å². The summed E-state index contributed by atoms with van der Waals surface area (Å²) < 4.78 is 11.6. The number of benzene rings is 1. The molecule has 158 valence electrons. The molecular weight excluding hydrogens is 370 g/mol. The Morgan fingerprint density at radius 1 is 1.00 bits per heavy atom. The van der Waals surface area contributed by atoms with Gasteiger partial charge in [0.2, 0.25) is 5.91 Å². The van der Waals surface area contributed by atoms with Crippen LogP contribution in [-0.4, -0.2) is 73.6 Å². The van der Waals surface area contributed by atoms with E-state index in [-0.39, 0.29) is 24.0 Å². The minimum atomic E-state index is -0.0180. The Hall–Kier alpha value is -2.28. The molecule has 29 heavy (non-hydrogen) atoms. The Balaban J connectivity index is 1.41. The largest absolute Gasteiger partial charge is 0.497 e. The molecule has 0 spiro atoms. The molecule has 7 nitrogen and oxygen atoms in total. The molecule has 2 amide bonds. The molecule has 1 aromatic carbocycles. The SMILES string of the molecule is COc1ccc(C(=O)N2CCCC2)c(OC2CCN(C(=O)[C@@H]3CCCN3)CC2)c1. The van der Waals surface area contributed by atoms with Gasteiger partial charge in [-0.15, -0.1) is 0 Å². The topological polar surface area (TPSA) is 71.1 Å². The third-order valence-corrected chi connectivity index (χ3v) is 6.22. The summed E-state index contributed by atoms with van der Waals surface area (Å²) in [5, 5.41) is 3.29. The lowest BCUT2D eigenvalue weighted by Gasteiger charge is -2.34. The van der Waals surface area contributed by atoms with Crippen molar-refractivity contribution >= 4 is 11.8 Å². The fraction of sp³-hybridized carbons (Fsp3) is 0.636. The smallest absolute Gasteiger partial charge is 0.257 e. The Bertz CT molecular complexity index is 734. The molecule has 3 saturated heterocycles. The quantitative estimate of drug-likeness (QED) is 0.818. The zero-order valence-electron chi connectivity index (χ0n) is 17.2. The second kappa shape index (κ2) is 9.03. The van der Waals surface area contributed by atoms with Gasteiger partial charge in [0.05, 0.1) is 18.7 Å². The van der Waals surface area contributed by atoms with E-state index in [0.29, 0.717) is 30.2 Å². The Morgan fingerprint density at radius 3 is 2.41 bits per heavy atom. The van der Waals surface area contributed by atoms with Crippen LogP contribution in [0.4, 0.5) is 0 Å². The Kier molecular flexibility index (Phi) is 6.23. The summed E-state index contributed by atoms with van der Waals surface area (Å²) in [7, 11) is 1.61. The molecule has 0 aromatic heterocycles. The summed E-state index contributed by atoms with van der Waals surface area (Å²) in [6.45, 7) is 3.93. The summed E-state index contributed by atoms with van der Waals surface area (Å²) in [5.74, 6) is 1.51. The van der Waals surface area contributed by atoms with Crippen molar-refractivity contribution in [1.82, 2.24) is 15.1 Å². The van der Waals surface area contributed by atoms with Crippen molar-refractivity contribution in [3.05, 3.63) is 23.8 Å². The molecule has 0 aliphatic carbocycles. The molecular formula is C22H31N3O4. The fourth-order valence-corrected chi connectivity index (χ4v) is 4.48.